The molecule has 2 aromatic carbocycles. The average Bonchev–Trinajstić information content (AvgIpc) is 3.71. The Bertz CT molecular complexity index is 1880. The molecule has 2 aromatic heterocycles. The van der Waals surface area contributed by atoms with Gasteiger partial charge in [0.1, 0.15) is 11.6 Å². The van der Waals surface area contributed by atoms with Crippen LogP contribution in [0.2, 0.25) is 10.0 Å². The van der Waals surface area contributed by atoms with Crippen LogP contribution in [-0.2, 0) is 22.7 Å². The minimum absolute atomic E-state index is 0.000762. The number of nitrogens with one attached hydrogen (secondary N) is 5. The predicted molar refractivity (Wildman–Crippen MR) is 185 cm³/mol. The minimum atomic E-state index is -0.531. The standard InChI is InChI=1S/C35H35Cl2F2N7O3/c1-49-28-14-20(13-26(38)25(28)18-41-17-22-6-8-30(48)45-22)34-32(37)24(10-12-42-34)23-3-2-4-27(31(23)36)46-35-33(39)19(9-11-43-35)15-40-16-21-5-7-29(47)44-21/h2-4,9-14,21-22,40-41H,5-8,15-18H2,1H3,(H,43,46)(H,44,47)(H,45,48). The monoisotopic (exact) mass is 709 g/mol. The Morgan fingerprint density at radius 3 is 2.22 bits per heavy atom. The molecule has 2 saturated heterocycles. The summed E-state index contributed by atoms with van der Waals surface area (Å²) in [6.07, 6.45) is 5.53. The molecule has 256 valence electrons. The third-order valence-electron chi connectivity index (χ3n) is 8.62. The first-order valence-corrected chi connectivity index (χ1v) is 16.7. The predicted octanol–water partition coefficient (Wildman–Crippen LogP) is 5.88. The number of nitrogens with zero attached hydrogens (tertiary/aromatic N) is 2. The highest BCUT2D eigenvalue weighted by Crippen LogP contribution is 2.42. The molecule has 6 rings (SSSR count). The molecule has 2 unspecified atom stereocenters. The van der Waals surface area contributed by atoms with Gasteiger partial charge < -0.3 is 31.3 Å². The summed E-state index contributed by atoms with van der Waals surface area (Å²) in [5.74, 6) is -0.665. The second-order valence-electron chi connectivity index (χ2n) is 12.0. The number of rotatable bonds is 13. The molecule has 0 aliphatic carbocycles. The van der Waals surface area contributed by atoms with Gasteiger partial charge in [0.2, 0.25) is 11.8 Å². The van der Waals surface area contributed by atoms with E-state index in [4.69, 9.17) is 27.9 Å². The lowest BCUT2D eigenvalue weighted by molar-refractivity contribution is -0.120. The Kier molecular flexibility index (Phi) is 10.9. The molecule has 0 saturated carbocycles. The topological polar surface area (TPSA) is 129 Å². The van der Waals surface area contributed by atoms with Gasteiger partial charge in [-0.25, -0.2) is 13.8 Å². The summed E-state index contributed by atoms with van der Waals surface area (Å²) in [5.41, 5.74) is 2.96. The molecule has 4 heterocycles. The Labute approximate surface area is 292 Å². The molecule has 4 aromatic rings. The molecule has 2 aliphatic rings. The third-order valence-corrected chi connectivity index (χ3v) is 9.41. The number of amides is 2. The largest absolute Gasteiger partial charge is 0.496 e. The summed E-state index contributed by atoms with van der Waals surface area (Å²) < 4.78 is 36.5. The Morgan fingerprint density at radius 1 is 0.878 bits per heavy atom. The van der Waals surface area contributed by atoms with E-state index >= 15 is 8.78 Å². The number of hydrogen-bond acceptors (Lipinski definition) is 8. The van der Waals surface area contributed by atoms with Crippen LogP contribution in [0.3, 0.4) is 0 Å². The molecule has 2 amide bonds. The normalized spacial score (nSPS) is 17.2. The summed E-state index contributed by atoms with van der Waals surface area (Å²) >= 11 is 13.8. The number of methoxy groups -OCH3 is 1. The maximum absolute atomic E-state index is 15.5. The highest BCUT2D eigenvalue weighted by Gasteiger charge is 2.23. The van der Waals surface area contributed by atoms with E-state index in [1.54, 1.807) is 42.6 Å². The van der Waals surface area contributed by atoms with Gasteiger partial charge in [0.15, 0.2) is 11.6 Å². The fraction of sp³-hybridized carbons (Fsp3) is 0.314. The van der Waals surface area contributed by atoms with Crippen molar-refractivity contribution in [3.8, 4) is 28.1 Å². The fourth-order valence-corrected chi connectivity index (χ4v) is 6.64. The zero-order chi connectivity index (χ0) is 34.5. The van der Waals surface area contributed by atoms with Crippen molar-refractivity contribution in [2.75, 3.05) is 25.5 Å². The molecule has 10 nitrogen and oxygen atoms in total. The molecule has 14 heteroatoms. The lowest BCUT2D eigenvalue weighted by Crippen LogP contribution is -2.35. The molecule has 2 fully saturated rings. The van der Waals surface area contributed by atoms with Crippen LogP contribution in [0.1, 0.15) is 36.8 Å². The zero-order valence-electron chi connectivity index (χ0n) is 26.6. The molecule has 49 heavy (non-hydrogen) atoms. The van der Waals surface area contributed by atoms with Gasteiger partial charge in [0.05, 0.1) is 28.5 Å². The fourth-order valence-electron chi connectivity index (χ4n) is 6.04. The lowest BCUT2D eigenvalue weighted by Gasteiger charge is -2.17. The van der Waals surface area contributed by atoms with E-state index in [-0.39, 0.29) is 52.9 Å². The quantitative estimate of drug-likeness (QED) is 0.116. The maximum atomic E-state index is 15.5. The number of halogens is 4. The molecular formula is C35H35Cl2F2N7O3. The van der Waals surface area contributed by atoms with E-state index in [1.807, 2.05) is 0 Å². The lowest BCUT2D eigenvalue weighted by atomic mass is 10.0. The highest BCUT2D eigenvalue weighted by atomic mass is 35.5. The van der Waals surface area contributed by atoms with Crippen molar-refractivity contribution in [3.63, 3.8) is 0 Å². The second kappa shape index (κ2) is 15.5. The van der Waals surface area contributed by atoms with Crippen molar-refractivity contribution in [1.82, 2.24) is 31.2 Å². The van der Waals surface area contributed by atoms with Gasteiger partial charge in [0.25, 0.3) is 0 Å². The summed E-state index contributed by atoms with van der Waals surface area (Å²) in [6, 6.07) is 11.6. The molecule has 0 radical (unpaired) electrons. The van der Waals surface area contributed by atoms with Crippen molar-refractivity contribution in [2.45, 2.75) is 50.9 Å². The van der Waals surface area contributed by atoms with Gasteiger partial charge in [-0.15, -0.1) is 0 Å². The SMILES string of the molecule is COc1cc(-c2nccc(-c3cccc(Nc4nccc(CNCC5CCC(=O)N5)c4F)c3Cl)c2Cl)cc(F)c1CNCC1CCC(=O)N1. The van der Waals surface area contributed by atoms with Gasteiger partial charge in [-0.2, -0.15) is 0 Å². The summed E-state index contributed by atoms with van der Waals surface area (Å²) in [7, 11) is 1.46. The zero-order valence-corrected chi connectivity index (χ0v) is 28.2. The van der Waals surface area contributed by atoms with Crippen LogP contribution in [-0.4, -0.2) is 54.1 Å². The van der Waals surface area contributed by atoms with Crippen LogP contribution in [0, 0.1) is 11.6 Å². The van der Waals surface area contributed by atoms with Gasteiger partial charge in [-0.1, -0.05) is 35.3 Å². The van der Waals surface area contributed by atoms with Crippen molar-refractivity contribution in [2.24, 2.45) is 0 Å². The number of aromatic nitrogens is 2. The van der Waals surface area contributed by atoms with E-state index in [0.29, 0.717) is 70.9 Å². The highest BCUT2D eigenvalue weighted by molar-refractivity contribution is 6.39. The molecule has 2 aliphatic heterocycles. The van der Waals surface area contributed by atoms with Crippen LogP contribution in [0.5, 0.6) is 5.75 Å². The Hall–Kier alpha value is -4.36. The first kappa shape index (κ1) is 34.5. The van der Waals surface area contributed by atoms with Crippen molar-refractivity contribution in [3.05, 3.63) is 87.7 Å². The number of pyridine rings is 2. The van der Waals surface area contributed by atoms with Crippen LogP contribution in [0.15, 0.2) is 54.9 Å². The molecular weight excluding hydrogens is 675 g/mol. The first-order chi connectivity index (χ1) is 23.7. The van der Waals surface area contributed by atoms with Gasteiger partial charge >= 0.3 is 0 Å². The number of carbonyl (C=O) groups excluding carboxylic acids is 2. The van der Waals surface area contributed by atoms with Gasteiger partial charge in [-0.05, 0) is 43.2 Å². The molecule has 2 atom stereocenters. The molecule has 0 spiro atoms. The number of hydrogen-bond donors (Lipinski definition) is 5. The van der Waals surface area contributed by atoms with Crippen molar-refractivity contribution in [1.29, 1.82) is 0 Å². The first-order valence-electron chi connectivity index (χ1n) is 15.9. The van der Waals surface area contributed by atoms with Crippen molar-refractivity contribution >= 4 is 46.5 Å². The van der Waals surface area contributed by atoms with Gasteiger partial charge in [0, 0.05) is 91.3 Å². The van der Waals surface area contributed by atoms with Crippen LogP contribution < -0.4 is 31.3 Å². The third kappa shape index (κ3) is 7.94. The summed E-state index contributed by atoms with van der Waals surface area (Å²) in [5, 5.41) is 15.7. The summed E-state index contributed by atoms with van der Waals surface area (Å²) in [6.45, 7) is 1.49. The average molecular weight is 711 g/mol. The summed E-state index contributed by atoms with van der Waals surface area (Å²) in [4.78, 5) is 31.6. The van der Waals surface area contributed by atoms with E-state index < -0.39 is 11.6 Å². The second-order valence-corrected chi connectivity index (χ2v) is 12.7. The van der Waals surface area contributed by atoms with E-state index in [0.717, 1.165) is 12.8 Å². The van der Waals surface area contributed by atoms with Crippen LogP contribution >= 0.6 is 23.2 Å². The Morgan fingerprint density at radius 2 is 1.55 bits per heavy atom. The number of benzene rings is 2. The van der Waals surface area contributed by atoms with Crippen LogP contribution in [0.4, 0.5) is 20.3 Å². The number of ether oxygens (including phenoxy) is 1. The van der Waals surface area contributed by atoms with E-state index in [9.17, 15) is 9.59 Å². The Balaban J connectivity index is 1.19. The van der Waals surface area contributed by atoms with Crippen LogP contribution in [0.25, 0.3) is 22.4 Å². The minimum Gasteiger partial charge on any atom is -0.496 e. The molecule has 5 N–H and O–H groups in total. The van der Waals surface area contributed by atoms with Gasteiger partial charge in [-0.3, -0.25) is 14.6 Å². The van der Waals surface area contributed by atoms with E-state index in [2.05, 4.69) is 36.6 Å². The number of carbonyl (C=O) groups is 2. The number of anilines is 2. The molecule has 0 bridgehead atoms. The van der Waals surface area contributed by atoms with E-state index in [1.165, 1.54) is 19.4 Å². The maximum Gasteiger partial charge on any atom is 0.220 e. The smallest absolute Gasteiger partial charge is 0.220 e. The van der Waals surface area contributed by atoms with Crippen molar-refractivity contribution < 1.29 is 23.1 Å².